The van der Waals surface area contributed by atoms with E-state index in [4.69, 9.17) is 157 Å². The first-order valence-electron chi connectivity index (χ1n) is 82.3. The zero-order valence-corrected chi connectivity index (χ0v) is 81.8. The topological polar surface area (TPSA) is 252 Å². The molecule has 0 amide bonds. The van der Waals surface area contributed by atoms with Gasteiger partial charge in [-0.2, -0.15) is 0 Å². The Morgan fingerprint density at radius 2 is 0.496 bits per heavy atom. The number of methoxy groups -OCH3 is 12. The van der Waals surface area contributed by atoms with Crippen molar-refractivity contribution in [3.8, 4) is 69.0 Å². The highest BCUT2D eigenvalue weighted by molar-refractivity contribution is 5.55. The van der Waals surface area contributed by atoms with Gasteiger partial charge in [-0.25, -0.2) is 0 Å². The third kappa shape index (κ3) is 26.9. The van der Waals surface area contributed by atoms with Crippen molar-refractivity contribution in [1.82, 2.24) is 29.4 Å². The van der Waals surface area contributed by atoms with E-state index in [2.05, 4.69) is 0 Å². The normalized spacial score (nSPS) is 44.0. The largest absolute Gasteiger partial charge is 0.493 e. The fraction of sp³-hybridized carbons (Fsp3) is 0.692. The number of nitrogens with zero attached hydrogens (tertiary/aromatic N) is 6. The van der Waals surface area contributed by atoms with Gasteiger partial charge in [-0.15, -0.1) is 0 Å². The predicted molar refractivity (Wildman–Crippen MR) is 561 cm³/mol. The van der Waals surface area contributed by atoms with E-state index in [1.807, 2.05) is 27.7 Å². The van der Waals surface area contributed by atoms with E-state index >= 15 is 0 Å². The van der Waals surface area contributed by atoms with Crippen LogP contribution in [-0.4, -0.2) is 260 Å². The smallest absolute Gasteiger partial charge is 0.161 e. The number of fused-ring (bicyclic) bond motifs is 18. The zero-order chi connectivity index (χ0) is 166. The van der Waals surface area contributed by atoms with Crippen LogP contribution in [-0.2, 0) is 38.2 Å². The molecule has 12 heterocycles. The number of aliphatic hydroxyl groups is 6. The summed E-state index contributed by atoms with van der Waals surface area (Å²) in [5.41, 5.74) is -10.9. The van der Waals surface area contributed by atoms with Crippen LogP contribution in [0, 0.1) is 69.5 Å². The van der Waals surface area contributed by atoms with Gasteiger partial charge in [-0.1, -0.05) is 103 Å². The molecule has 0 spiro atoms. The lowest BCUT2D eigenvalue weighted by atomic mass is 9.75. The summed E-state index contributed by atoms with van der Waals surface area (Å²) in [6, 6.07) is 6.10. The molecule has 12 aliphatic heterocycles. The molecule has 18 atom stereocenters. The van der Waals surface area contributed by atoms with Crippen molar-refractivity contribution in [3.05, 3.63) is 140 Å². The van der Waals surface area contributed by atoms with Crippen LogP contribution in [0.5, 0.6) is 69.0 Å². The lowest BCUT2D eigenvalue weighted by molar-refractivity contribution is -0.0259. The Labute approximate surface area is 948 Å². The third-order valence-corrected chi connectivity index (χ3v) is 24.8. The van der Waals surface area contributed by atoms with Gasteiger partial charge in [0.15, 0.2) is 69.0 Å². The fourth-order valence-corrected chi connectivity index (χ4v) is 18.2. The summed E-state index contributed by atoms with van der Waals surface area (Å²) in [5, 5.41) is 66.4. The van der Waals surface area contributed by atoms with Gasteiger partial charge in [0, 0.05) is 201 Å². The number of piperidine rings is 6. The summed E-state index contributed by atoms with van der Waals surface area (Å²) in [6.45, 7) is -44.7. The molecule has 6 aromatic rings. The molecule has 0 aliphatic carbocycles. The third-order valence-electron chi connectivity index (χ3n) is 24.8. The first-order chi connectivity index (χ1) is 95.4. The first kappa shape index (κ1) is 49.1. The molecule has 6 saturated heterocycles. The van der Waals surface area contributed by atoms with Crippen molar-refractivity contribution in [3.63, 3.8) is 0 Å². The molecule has 24 heteroatoms. The van der Waals surface area contributed by atoms with Crippen LogP contribution in [0.1, 0.15) is 383 Å². The molecule has 18 unspecified atom stereocenters. The molecule has 6 fully saturated rings. The van der Waals surface area contributed by atoms with Gasteiger partial charge >= 0.3 is 0 Å². The van der Waals surface area contributed by atoms with Gasteiger partial charge in [0.25, 0.3) is 0 Å². The first-order valence-corrected chi connectivity index (χ1v) is 45.8. The maximum absolute atomic E-state index is 11.2. The Kier molecular flexibility index (Phi) is 16.8. The Bertz CT molecular complexity index is 8280. The second-order valence-corrected chi connectivity index (χ2v) is 37.1. The monoisotopic (exact) mass is 2030 g/mol. The average molecular weight is 2030 g/mol. The van der Waals surface area contributed by atoms with Crippen molar-refractivity contribution in [2.24, 2.45) is 69.5 Å². The summed E-state index contributed by atoms with van der Waals surface area (Å²) < 4.78 is 671. The van der Waals surface area contributed by atoms with E-state index in [1.165, 1.54) is 86.2 Å². The molecule has 24 nitrogen and oxygen atoms in total. The maximum Gasteiger partial charge on any atom is 0.161 e. The van der Waals surface area contributed by atoms with Crippen LogP contribution < -0.4 is 56.8 Å². The van der Waals surface area contributed by atoms with Crippen LogP contribution in [0.3, 0.4) is 0 Å². The molecule has 6 N–H and O–H groups in total. The van der Waals surface area contributed by atoms with Crippen LogP contribution in [0.25, 0.3) is 0 Å². The average Bonchev–Trinajstić information content (AvgIpc) is 0.647. The lowest BCUT2D eigenvalue weighted by Gasteiger charge is -2.47. The second kappa shape index (κ2) is 48.4. The number of hydrogen-bond donors (Lipinski definition) is 6. The van der Waals surface area contributed by atoms with Gasteiger partial charge in [0.1, 0.15) is 0 Å². The number of aryl methyl sites for hydroxylation is 6. The molecular weight excluding hydrogens is 1780 g/mol. The van der Waals surface area contributed by atoms with Crippen LogP contribution in [0.4, 0.5) is 0 Å². The molecular formula is C117H180N6O18. The fourth-order valence-electron chi connectivity index (χ4n) is 18.2. The van der Waals surface area contributed by atoms with Crippen LogP contribution in [0.2, 0.25) is 0 Å². The maximum atomic E-state index is 11.2. The minimum absolute atomic E-state index is 0.0320. The summed E-state index contributed by atoms with van der Waals surface area (Å²) >= 11 is 0. The Balaban J connectivity index is 0.000000205. The van der Waals surface area contributed by atoms with Crippen LogP contribution >= 0.6 is 0 Å². The van der Waals surface area contributed by atoms with E-state index in [1.54, 1.807) is 19.9 Å². The van der Waals surface area contributed by atoms with Gasteiger partial charge in [0.05, 0.1) is 135 Å². The molecule has 0 bridgehead atoms. The lowest BCUT2D eigenvalue weighted by Crippen LogP contribution is -2.48. The van der Waals surface area contributed by atoms with E-state index in [0.717, 1.165) is 54.4 Å². The predicted octanol–water partition coefficient (Wildman–Crippen LogP) is 19.3. The summed E-state index contributed by atoms with van der Waals surface area (Å²) in [4.78, 5) is 3.31. The molecule has 0 aromatic heterocycles. The van der Waals surface area contributed by atoms with Crippen LogP contribution in [0.15, 0.2) is 72.8 Å². The number of benzene rings is 6. The highest BCUT2D eigenvalue weighted by atomic mass is 16.5. The standard InChI is InChI=1S/3C20H31NO3.3C19H29NO3/c3*1-20(2,3)11-14-12-21-7-6-13-8-18(23-4)19(24-5)9-15(13)16(21)10-17(14)22;3*1-12(2)7-14-11-20-6-5-13-8-18(22-3)19(23-4)9-15(13)16(20)10-17(14)21/h3*8-9,14,16-17,22H,6-7,10-12H2,1-5H3;3*8-9,12,14,16-17,21H,5-7,10-11H2,1-4H3/i2*1D3,2D3,5D3,6D2,7D2,11D2,12D2;1D3,2D3,6D2,7D2,11D2,12D2;5D2,6D2,10D2,11D2,14D,17D;4D3,5D2,6D2,11D2;5D2,6D2,11D2. The van der Waals surface area contributed by atoms with Crippen molar-refractivity contribution in [2.75, 3.05) is 163 Å². The number of aliphatic hydroxyl groups excluding tert-OH is 5. The Morgan fingerprint density at radius 1 is 0.298 bits per heavy atom. The molecule has 141 heavy (non-hydrogen) atoms. The molecule has 18 rings (SSSR count). The van der Waals surface area contributed by atoms with E-state index in [-0.39, 0.29) is 138 Å². The second-order valence-electron chi connectivity index (χ2n) is 37.1. The summed E-state index contributed by atoms with van der Waals surface area (Å²) in [5.74, 6) is -13.0. The van der Waals surface area contributed by atoms with E-state index in [0.29, 0.717) is 64.5 Å². The SMILES string of the molecule is [2H]C([2H])([2H])Oc1cc2c(cc1OC)C([2H])([2H])C([2H])([2H])N1C2CC(O)C(C([2H])([2H])C(C)(C([2H])([2H])[2H])C([2H])([2H])[2H])C1([2H])[2H].[2H]C([2H])([2H])Oc1cc2c(cc1OC)C([2H])([2H])C([2H])([2H])N1C2CC(O)C(C([2H])([2H])C(C)(C([2H])([2H])[2H])C([2H])([2H])[2H])C1([2H])[2H].[2H]C([2H])([2H])Oc1cc2c(cc1OC)C([2H])([2H])C([2H])([2H])N1C2CC(O)C(CC(C)C)C1([2H])[2H].[2H]C1([2H])C(C([2H])([2H])C(C)(C([2H])([2H])[2H])C([2H])([2H])[2H])C(O)CC2c3cc(OC)c(OC)cc3C([2H])([2H])C([2H])([2H])N21.[2H]C1([2H])C(CC(C)C)C(O)CC2c3cc(OC)c(OC)cc3C([2H])([2H])C([2H])([2H])N21.[2H]C1([2H])c2cc(OC)c(OC)cc2C2N(C1([2H])[2H])C([2H])([2H])C([2H])(CC(C)C)C([2H])(O)C2([2H])[2H]. The van der Waals surface area contributed by atoms with Crippen molar-refractivity contribution >= 4 is 0 Å². The number of ether oxygens (including phenoxy) is 12. The summed E-state index contributed by atoms with van der Waals surface area (Å²) in [6.07, 6.45) is -44.0. The minimum atomic E-state index is -3.55. The highest BCUT2D eigenvalue weighted by Crippen LogP contribution is 2.53. The van der Waals surface area contributed by atoms with E-state index < -0.39 is 372 Å². The minimum Gasteiger partial charge on any atom is -0.493 e. The van der Waals surface area contributed by atoms with Gasteiger partial charge in [0.2, 0.25) is 0 Å². The Hall–Kier alpha value is -7.56. The molecule has 0 saturated carbocycles. The Morgan fingerprint density at radius 3 is 0.709 bits per heavy atom. The van der Waals surface area contributed by atoms with Crippen molar-refractivity contribution in [1.29, 1.82) is 0 Å². The van der Waals surface area contributed by atoms with E-state index in [9.17, 15) is 30.6 Å². The quantitative estimate of drug-likeness (QED) is 0.0392. The van der Waals surface area contributed by atoms with Crippen molar-refractivity contribution in [2.45, 2.75) is 291 Å². The number of hydrogen-bond acceptors (Lipinski definition) is 24. The molecule has 0 radical (unpaired) electrons. The molecule has 12 aliphatic rings. The van der Waals surface area contributed by atoms with Gasteiger partial charge < -0.3 is 87.5 Å². The molecule has 6 aromatic carbocycles. The van der Waals surface area contributed by atoms with Crippen molar-refractivity contribution < 1.29 is 188 Å². The van der Waals surface area contributed by atoms with Gasteiger partial charge in [-0.05, 0) is 324 Å². The molecule has 786 valence electrons. The number of rotatable bonds is 21. The zero-order valence-electron chi connectivity index (χ0n) is 155. The summed E-state index contributed by atoms with van der Waals surface area (Å²) in [7, 11) is 2.79. The van der Waals surface area contributed by atoms with Gasteiger partial charge in [-0.3, -0.25) is 29.4 Å². The highest BCUT2D eigenvalue weighted by Gasteiger charge is 2.47.